The van der Waals surface area contributed by atoms with E-state index in [1.165, 1.54) is 11.9 Å². The van der Waals surface area contributed by atoms with Crippen LogP contribution in [0.2, 0.25) is 0 Å². The highest BCUT2D eigenvalue weighted by molar-refractivity contribution is 6.24. The van der Waals surface area contributed by atoms with E-state index in [4.69, 9.17) is 0 Å². The zero-order valence-electron chi connectivity index (χ0n) is 24.5. The lowest BCUT2D eigenvalue weighted by atomic mass is 9.90. The van der Waals surface area contributed by atoms with E-state index in [9.17, 15) is 49.8 Å². The fraction of sp³-hybridized carbons (Fsp3) is 0.367. The molecule has 2 unspecified atom stereocenters. The normalized spacial score (nSPS) is 21.4. The minimum Gasteiger partial charge on any atom is -0.509 e. The number of pyridine rings is 1. The van der Waals surface area contributed by atoms with Gasteiger partial charge in [0.15, 0.2) is 5.67 Å². The number of hydrogen-bond acceptors (Lipinski definition) is 5. The number of hydrazine groups is 1. The molecule has 2 amide bonds. The fourth-order valence-corrected chi connectivity index (χ4v) is 5.24. The molecule has 0 aliphatic carbocycles. The van der Waals surface area contributed by atoms with E-state index in [1.807, 2.05) is 0 Å². The van der Waals surface area contributed by atoms with Crippen molar-refractivity contribution < 1.29 is 54.2 Å². The third kappa shape index (κ3) is 6.76. The van der Waals surface area contributed by atoms with E-state index in [0.717, 1.165) is 31.0 Å². The van der Waals surface area contributed by atoms with E-state index in [-0.39, 0.29) is 18.5 Å². The number of carbonyl (C=O) groups is 2. The number of carbonyl (C=O) groups excluding carboxylic acids is 2. The summed E-state index contributed by atoms with van der Waals surface area (Å²) >= 11 is 0. The van der Waals surface area contributed by atoms with Crippen LogP contribution in [0.1, 0.15) is 44.9 Å². The lowest BCUT2D eigenvalue weighted by molar-refractivity contribution is -0.163. The third-order valence-corrected chi connectivity index (χ3v) is 7.68. The second kappa shape index (κ2) is 12.1. The summed E-state index contributed by atoms with van der Waals surface area (Å²) in [7, 11) is 0. The predicted octanol–water partition coefficient (Wildman–Crippen LogP) is 7.60. The minimum atomic E-state index is -4.89. The first-order valence-electron chi connectivity index (χ1n) is 13.6. The molecule has 248 valence electrons. The first-order valence-corrected chi connectivity index (χ1v) is 13.6. The van der Waals surface area contributed by atoms with Crippen LogP contribution < -0.4 is 5.32 Å². The van der Waals surface area contributed by atoms with E-state index >= 15 is 4.39 Å². The molecule has 4 rings (SSSR count). The summed E-state index contributed by atoms with van der Waals surface area (Å²) in [5, 5.41) is 15.4. The van der Waals surface area contributed by atoms with E-state index in [1.54, 1.807) is 0 Å². The Bertz CT molecular complexity index is 1630. The number of nitrogens with one attached hydrogen (secondary N) is 1. The van der Waals surface area contributed by atoms with Gasteiger partial charge in [0, 0.05) is 29.6 Å². The van der Waals surface area contributed by atoms with Crippen molar-refractivity contribution in [3.63, 3.8) is 0 Å². The highest BCUT2D eigenvalue weighted by Gasteiger charge is 2.54. The molecule has 1 saturated heterocycles. The molecule has 7 nitrogen and oxygen atoms in total. The number of halogens is 9. The lowest BCUT2D eigenvalue weighted by Crippen LogP contribution is -2.63. The van der Waals surface area contributed by atoms with Gasteiger partial charge in [-0.3, -0.25) is 19.6 Å². The van der Waals surface area contributed by atoms with E-state index in [0.29, 0.717) is 43.0 Å². The number of anilines is 1. The molecule has 1 aromatic carbocycles. The Kier molecular flexibility index (Phi) is 9.09. The van der Waals surface area contributed by atoms with Gasteiger partial charge in [-0.25, -0.2) is 18.2 Å². The molecule has 16 heteroatoms. The Morgan fingerprint density at radius 1 is 1.07 bits per heavy atom. The number of benzene rings is 1. The third-order valence-electron chi connectivity index (χ3n) is 7.68. The molecule has 1 fully saturated rings. The number of nitrogens with zero attached hydrogens (tertiary/aromatic N) is 3. The second-order valence-corrected chi connectivity index (χ2v) is 11.2. The van der Waals surface area contributed by atoms with Crippen LogP contribution in [-0.4, -0.2) is 56.2 Å². The Morgan fingerprint density at radius 2 is 1.74 bits per heavy atom. The number of amides is 2. The zero-order valence-corrected chi connectivity index (χ0v) is 24.5. The van der Waals surface area contributed by atoms with Gasteiger partial charge in [0.1, 0.15) is 22.9 Å². The van der Waals surface area contributed by atoms with Gasteiger partial charge in [-0.15, -0.1) is 0 Å². The van der Waals surface area contributed by atoms with Crippen LogP contribution in [0.3, 0.4) is 0 Å². The predicted molar refractivity (Wildman–Crippen MR) is 148 cm³/mol. The molecule has 3 heterocycles. The molecule has 1 aromatic heterocycles. The highest BCUT2D eigenvalue weighted by atomic mass is 19.4. The van der Waals surface area contributed by atoms with Crippen LogP contribution in [0, 0.1) is 0 Å². The summed E-state index contributed by atoms with van der Waals surface area (Å²) in [5.41, 5.74) is -8.88. The number of aromatic nitrogens is 1. The van der Waals surface area contributed by atoms with E-state index < -0.39 is 87.4 Å². The van der Waals surface area contributed by atoms with Crippen LogP contribution in [0.4, 0.5) is 45.2 Å². The highest BCUT2D eigenvalue weighted by Crippen LogP contribution is 2.43. The molecule has 2 N–H and O–H groups in total. The summed E-state index contributed by atoms with van der Waals surface area (Å²) in [6.07, 6.45) is -7.36. The number of aliphatic hydroxyl groups is 1. The Hall–Kier alpha value is -4.34. The number of rotatable bonds is 7. The SMILES string of the molecule is C/C(F)=C\C=C(\F)C(C)(F)CN1C(=O)C(C(=O)Nc2ccc(C(F)(F)F)cc2-c2ccc(C(F)(F)F)nc2)=C(O)C2(C)CCCN12. The van der Waals surface area contributed by atoms with Crippen molar-refractivity contribution in [3.8, 4) is 11.1 Å². The standard InChI is InChI=1S/C30H27F9N4O3/c1-16(31)5-9-21(32)27(2,33)15-42-26(46)23(24(44)28(3)11-4-12-43(28)42)25(45)41-20-8-7-18(29(34,35)36)13-19(20)17-6-10-22(40-14-17)30(37,38)39/h5-10,13-14,44H,4,11-12,15H2,1-3H3,(H,41,45)/b16-5+,21-9+. The number of hydrogen-bond donors (Lipinski definition) is 2. The van der Waals surface area contributed by atoms with Gasteiger partial charge in [-0.2, -0.15) is 26.3 Å². The quantitative estimate of drug-likeness (QED) is 0.181. The first kappa shape index (κ1) is 34.5. The molecular formula is C30H27F9N4O3. The van der Waals surface area contributed by atoms with Gasteiger partial charge in [-0.05, 0) is 70.0 Å². The van der Waals surface area contributed by atoms with Gasteiger partial charge in [0.25, 0.3) is 11.8 Å². The Balaban J connectivity index is 1.75. The lowest BCUT2D eigenvalue weighted by Gasteiger charge is -2.47. The van der Waals surface area contributed by atoms with Crippen molar-refractivity contribution >= 4 is 17.5 Å². The summed E-state index contributed by atoms with van der Waals surface area (Å²) in [4.78, 5) is 30.5. The van der Waals surface area contributed by atoms with Crippen LogP contribution in [-0.2, 0) is 21.9 Å². The molecule has 2 aliphatic heterocycles. The Labute approximate surface area is 256 Å². The Morgan fingerprint density at radius 3 is 2.30 bits per heavy atom. The molecule has 0 spiro atoms. The minimum absolute atomic E-state index is 0.0933. The first-order chi connectivity index (χ1) is 21.2. The number of fused-ring (bicyclic) bond motifs is 1. The summed E-state index contributed by atoms with van der Waals surface area (Å²) in [6.45, 7) is 2.31. The van der Waals surface area contributed by atoms with Crippen molar-refractivity contribution in [1.29, 1.82) is 0 Å². The monoisotopic (exact) mass is 662 g/mol. The smallest absolute Gasteiger partial charge is 0.433 e. The van der Waals surface area contributed by atoms with Crippen LogP contribution in [0.5, 0.6) is 0 Å². The van der Waals surface area contributed by atoms with Gasteiger partial charge >= 0.3 is 12.4 Å². The topological polar surface area (TPSA) is 85.8 Å². The van der Waals surface area contributed by atoms with Crippen molar-refractivity contribution in [3.05, 3.63) is 82.9 Å². The largest absolute Gasteiger partial charge is 0.509 e. The average molecular weight is 663 g/mol. The number of aliphatic hydroxyl groups excluding tert-OH is 1. The van der Waals surface area contributed by atoms with Crippen molar-refractivity contribution in [2.45, 2.75) is 57.2 Å². The molecular weight excluding hydrogens is 635 g/mol. The molecule has 0 saturated carbocycles. The molecule has 2 aliphatic rings. The average Bonchev–Trinajstić information content (AvgIpc) is 3.36. The number of allylic oxidation sites excluding steroid dienone is 3. The number of alkyl halides is 7. The fourth-order valence-electron chi connectivity index (χ4n) is 5.24. The molecule has 2 aromatic rings. The van der Waals surface area contributed by atoms with Crippen molar-refractivity contribution in [2.75, 3.05) is 18.4 Å². The molecule has 0 bridgehead atoms. The van der Waals surface area contributed by atoms with Gasteiger partial charge < -0.3 is 10.4 Å². The van der Waals surface area contributed by atoms with Crippen LogP contribution in [0.15, 0.2) is 71.7 Å². The van der Waals surface area contributed by atoms with Crippen molar-refractivity contribution in [1.82, 2.24) is 15.0 Å². The zero-order chi connectivity index (χ0) is 34.4. The maximum absolute atomic E-state index is 15.6. The van der Waals surface area contributed by atoms with Gasteiger partial charge in [0.2, 0.25) is 0 Å². The van der Waals surface area contributed by atoms with Crippen LogP contribution >= 0.6 is 0 Å². The van der Waals surface area contributed by atoms with Gasteiger partial charge in [-0.1, -0.05) is 6.07 Å². The summed E-state index contributed by atoms with van der Waals surface area (Å²) in [6, 6.07) is 3.31. The summed E-state index contributed by atoms with van der Waals surface area (Å²) < 4.78 is 123. The molecule has 2 atom stereocenters. The van der Waals surface area contributed by atoms with Crippen LogP contribution in [0.25, 0.3) is 11.1 Å². The van der Waals surface area contributed by atoms with E-state index in [2.05, 4.69) is 10.3 Å². The van der Waals surface area contributed by atoms with Crippen molar-refractivity contribution in [2.24, 2.45) is 0 Å². The maximum Gasteiger partial charge on any atom is 0.433 e. The maximum atomic E-state index is 15.6. The summed E-state index contributed by atoms with van der Waals surface area (Å²) in [5.74, 6) is -5.61. The second-order valence-electron chi connectivity index (χ2n) is 11.2. The molecule has 0 radical (unpaired) electrons. The van der Waals surface area contributed by atoms with Gasteiger partial charge in [0.05, 0.1) is 23.5 Å². The molecule has 46 heavy (non-hydrogen) atoms.